The SMILES string of the molecule is COCCCNc1cc(C(=O)Nc2cccc(C(F)(F)F)c2)ccn1. The van der Waals surface area contributed by atoms with Crippen molar-refractivity contribution < 1.29 is 22.7 Å². The van der Waals surface area contributed by atoms with Gasteiger partial charge in [0.05, 0.1) is 5.56 Å². The maximum atomic E-state index is 12.7. The first kappa shape index (κ1) is 18.7. The van der Waals surface area contributed by atoms with E-state index in [-0.39, 0.29) is 5.69 Å². The molecule has 2 rings (SSSR count). The molecule has 8 heteroatoms. The Bertz CT molecular complexity index is 720. The number of hydrogen-bond acceptors (Lipinski definition) is 4. The number of alkyl halides is 3. The lowest BCUT2D eigenvalue weighted by atomic mass is 10.2. The zero-order valence-corrected chi connectivity index (χ0v) is 13.6. The lowest BCUT2D eigenvalue weighted by molar-refractivity contribution is -0.137. The van der Waals surface area contributed by atoms with Gasteiger partial charge in [0.15, 0.2) is 0 Å². The van der Waals surface area contributed by atoms with Gasteiger partial charge in [0, 0.05) is 37.7 Å². The van der Waals surface area contributed by atoms with Crippen molar-refractivity contribution >= 4 is 17.4 Å². The zero-order valence-electron chi connectivity index (χ0n) is 13.6. The number of hydrogen-bond donors (Lipinski definition) is 2. The quantitative estimate of drug-likeness (QED) is 0.743. The number of pyridine rings is 1. The monoisotopic (exact) mass is 353 g/mol. The number of benzene rings is 1. The van der Waals surface area contributed by atoms with Gasteiger partial charge in [0.25, 0.3) is 5.91 Å². The summed E-state index contributed by atoms with van der Waals surface area (Å²) >= 11 is 0. The highest BCUT2D eigenvalue weighted by Crippen LogP contribution is 2.30. The van der Waals surface area contributed by atoms with Crippen LogP contribution in [0.2, 0.25) is 0 Å². The van der Waals surface area contributed by atoms with Gasteiger partial charge in [-0.2, -0.15) is 13.2 Å². The number of aromatic nitrogens is 1. The summed E-state index contributed by atoms with van der Waals surface area (Å²) in [6.45, 7) is 1.22. The summed E-state index contributed by atoms with van der Waals surface area (Å²) in [5.74, 6) is -0.00513. The minimum absolute atomic E-state index is 0.0752. The van der Waals surface area contributed by atoms with Gasteiger partial charge < -0.3 is 15.4 Å². The largest absolute Gasteiger partial charge is 0.416 e. The number of carbonyl (C=O) groups is 1. The molecule has 25 heavy (non-hydrogen) atoms. The molecule has 0 fully saturated rings. The molecule has 0 saturated heterocycles. The molecule has 134 valence electrons. The van der Waals surface area contributed by atoms with Gasteiger partial charge in [-0.05, 0) is 36.8 Å². The lowest BCUT2D eigenvalue weighted by Crippen LogP contribution is -2.14. The van der Waals surface area contributed by atoms with Crippen LogP contribution < -0.4 is 10.6 Å². The summed E-state index contributed by atoms with van der Waals surface area (Å²) in [7, 11) is 1.61. The van der Waals surface area contributed by atoms with Crippen LogP contribution in [0.5, 0.6) is 0 Å². The molecule has 5 nitrogen and oxygen atoms in total. The second kappa shape index (κ2) is 8.48. The van der Waals surface area contributed by atoms with Crippen molar-refractivity contribution in [3.63, 3.8) is 0 Å². The van der Waals surface area contributed by atoms with Crippen LogP contribution in [-0.2, 0) is 10.9 Å². The molecule has 0 aliphatic carbocycles. The molecular weight excluding hydrogens is 335 g/mol. The van der Waals surface area contributed by atoms with Crippen molar-refractivity contribution in [3.8, 4) is 0 Å². The third kappa shape index (κ3) is 5.75. The van der Waals surface area contributed by atoms with Crippen molar-refractivity contribution in [2.24, 2.45) is 0 Å². The van der Waals surface area contributed by atoms with Crippen LogP contribution in [0.1, 0.15) is 22.3 Å². The molecule has 0 atom stereocenters. The van der Waals surface area contributed by atoms with Crippen LogP contribution in [-0.4, -0.2) is 31.2 Å². The minimum Gasteiger partial charge on any atom is -0.385 e. The number of rotatable bonds is 7. The molecule has 0 bridgehead atoms. The second-order valence-electron chi connectivity index (χ2n) is 5.24. The molecule has 0 radical (unpaired) electrons. The Balaban J connectivity index is 2.03. The van der Waals surface area contributed by atoms with Crippen molar-refractivity contribution in [1.82, 2.24) is 4.98 Å². The second-order valence-corrected chi connectivity index (χ2v) is 5.24. The van der Waals surface area contributed by atoms with Gasteiger partial charge in [0.1, 0.15) is 5.82 Å². The number of methoxy groups -OCH3 is 1. The van der Waals surface area contributed by atoms with Crippen LogP contribution in [0.4, 0.5) is 24.7 Å². The van der Waals surface area contributed by atoms with E-state index in [0.29, 0.717) is 24.5 Å². The van der Waals surface area contributed by atoms with Crippen molar-refractivity contribution in [2.75, 3.05) is 30.9 Å². The Morgan fingerprint density at radius 2 is 2.04 bits per heavy atom. The van der Waals surface area contributed by atoms with Crippen LogP contribution in [0, 0.1) is 0 Å². The standard InChI is InChI=1S/C17H18F3N3O2/c1-25-9-3-7-21-15-10-12(6-8-22-15)16(24)23-14-5-2-4-13(11-14)17(18,19)20/h2,4-6,8,10-11H,3,7,9H2,1H3,(H,21,22)(H,23,24). The number of anilines is 2. The van der Waals surface area contributed by atoms with Gasteiger partial charge >= 0.3 is 6.18 Å². The van der Waals surface area contributed by atoms with E-state index in [1.165, 1.54) is 30.5 Å². The molecule has 1 aromatic carbocycles. The Morgan fingerprint density at radius 1 is 1.24 bits per heavy atom. The molecule has 0 aliphatic heterocycles. The summed E-state index contributed by atoms with van der Waals surface area (Å²) in [5, 5.41) is 5.51. The van der Waals surface area contributed by atoms with Gasteiger partial charge in [-0.3, -0.25) is 4.79 Å². The highest BCUT2D eigenvalue weighted by molar-refractivity contribution is 6.04. The normalized spacial score (nSPS) is 11.2. The molecule has 1 amide bonds. The number of nitrogens with zero attached hydrogens (tertiary/aromatic N) is 1. The first-order valence-corrected chi connectivity index (χ1v) is 7.57. The smallest absolute Gasteiger partial charge is 0.385 e. The highest BCUT2D eigenvalue weighted by Gasteiger charge is 2.30. The third-order valence-corrected chi connectivity index (χ3v) is 3.30. The summed E-state index contributed by atoms with van der Waals surface area (Å²) in [5.41, 5.74) is -0.451. The van der Waals surface area contributed by atoms with Gasteiger partial charge in [-0.1, -0.05) is 6.07 Å². The number of amides is 1. The van der Waals surface area contributed by atoms with Crippen LogP contribution in [0.3, 0.4) is 0 Å². The topological polar surface area (TPSA) is 63.2 Å². The molecule has 1 heterocycles. The van der Waals surface area contributed by atoms with Crippen molar-refractivity contribution in [1.29, 1.82) is 0 Å². The molecule has 2 N–H and O–H groups in total. The Labute approximate surface area is 143 Å². The molecule has 2 aromatic rings. The van der Waals surface area contributed by atoms with E-state index in [4.69, 9.17) is 4.74 Å². The Hall–Kier alpha value is -2.61. The number of nitrogens with one attached hydrogen (secondary N) is 2. The van der Waals surface area contributed by atoms with E-state index in [1.54, 1.807) is 7.11 Å². The summed E-state index contributed by atoms with van der Waals surface area (Å²) in [4.78, 5) is 16.3. The number of carbonyl (C=O) groups excluding carboxylic acids is 1. The Morgan fingerprint density at radius 3 is 2.76 bits per heavy atom. The predicted octanol–water partition coefficient (Wildman–Crippen LogP) is 3.80. The number of halogens is 3. The average molecular weight is 353 g/mol. The highest BCUT2D eigenvalue weighted by atomic mass is 19.4. The maximum absolute atomic E-state index is 12.7. The fourth-order valence-corrected chi connectivity index (χ4v) is 2.08. The van der Waals surface area contributed by atoms with Crippen LogP contribution in [0.15, 0.2) is 42.6 Å². The van der Waals surface area contributed by atoms with Crippen molar-refractivity contribution in [3.05, 3.63) is 53.7 Å². The first-order chi connectivity index (χ1) is 11.9. The van der Waals surface area contributed by atoms with E-state index in [1.807, 2.05) is 0 Å². The molecule has 0 aliphatic rings. The average Bonchev–Trinajstić information content (AvgIpc) is 2.58. The summed E-state index contributed by atoms with van der Waals surface area (Å²) < 4.78 is 43.1. The lowest BCUT2D eigenvalue weighted by Gasteiger charge is -2.10. The van der Waals surface area contributed by atoms with E-state index < -0.39 is 17.6 Å². The van der Waals surface area contributed by atoms with Gasteiger partial charge in [-0.15, -0.1) is 0 Å². The molecule has 1 aromatic heterocycles. The van der Waals surface area contributed by atoms with Gasteiger partial charge in [-0.25, -0.2) is 4.98 Å². The van der Waals surface area contributed by atoms with Crippen molar-refractivity contribution in [2.45, 2.75) is 12.6 Å². The zero-order chi connectivity index (χ0) is 18.3. The maximum Gasteiger partial charge on any atom is 0.416 e. The fraction of sp³-hybridized carbons (Fsp3) is 0.294. The third-order valence-electron chi connectivity index (χ3n) is 3.30. The summed E-state index contributed by atoms with van der Waals surface area (Å²) in [6, 6.07) is 7.51. The first-order valence-electron chi connectivity index (χ1n) is 7.57. The molecule has 0 unspecified atom stereocenters. The minimum atomic E-state index is -4.46. The number of ether oxygens (including phenoxy) is 1. The summed E-state index contributed by atoms with van der Waals surface area (Å²) in [6.07, 6.45) is -2.23. The van der Waals surface area contributed by atoms with Gasteiger partial charge in [0.2, 0.25) is 0 Å². The van der Waals surface area contributed by atoms with Crippen LogP contribution >= 0.6 is 0 Å². The fourth-order valence-electron chi connectivity index (χ4n) is 2.08. The molecule has 0 spiro atoms. The Kier molecular flexibility index (Phi) is 6.35. The van der Waals surface area contributed by atoms with E-state index in [2.05, 4.69) is 15.6 Å². The van der Waals surface area contributed by atoms with E-state index in [0.717, 1.165) is 18.6 Å². The van der Waals surface area contributed by atoms with E-state index in [9.17, 15) is 18.0 Å². The predicted molar refractivity (Wildman–Crippen MR) is 88.6 cm³/mol. The van der Waals surface area contributed by atoms with E-state index >= 15 is 0 Å². The molecular formula is C17H18F3N3O2. The molecule has 0 saturated carbocycles. The van der Waals surface area contributed by atoms with Crippen LogP contribution in [0.25, 0.3) is 0 Å².